The average molecular weight is 385 g/mol. The molecule has 0 atom stereocenters. The number of amides is 3. The number of esters is 1. The van der Waals surface area contributed by atoms with E-state index in [-0.39, 0.29) is 5.92 Å². The number of hydrogen-bond acceptors (Lipinski definition) is 4. The van der Waals surface area contributed by atoms with Gasteiger partial charge in [-0.1, -0.05) is 44.2 Å². The summed E-state index contributed by atoms with van der Waals surface area (Å²) in [6, 6.07) is 11.1. The number of carbonyl (C=O) groups is 3. The van der Waals surface area contributed by atoms with Crippen LogP contribution in [0.15, 0.2) is 36.4 Å². The molecule has 1 heterocycles. The van der Waals surface area contributed by atoms with Crippen molar-refractivity contribution >= 4 is 17.9 Å². The lowest BCUT2D eigenvalue weighted by Crippen LogP contribution is -2.42. The number of hydrogen-bond donors (Lipinski definition) is 2. The van der Waals surface area contributed by atoms with Gasteiger partial charge in [0.1, 0.15) is 0 Å². The number of imide groups is 1. The zero-order chi connectivity index (χ0) is 20.7. The molecule has 2 N–H and O–H groups in total. The molecule has 0 spiro atoms. The largest absolute Gasteiger partial charge is 0.452 e. The monoisotopic (exact) mass is 385 g/mol. The summed E-state index contributed by atoms with van der Waals surface area (Å²) in [5.74, 6) is -0.998. The van der Waals surface area contributed by atoms with Gasteiger partial charge in [0.2, 0.25) is 0 Å². The van der Waals surface area contributed by atoms with Crippen LogP contribution in [0.3, 0.4) is 0 Å². The summed E-state index contributed by atoms with van der Waals surface area (Å²) in [7, 11) is 0. The summed E-state index contributed by atoms with van der Waals surface area (Å²) in [4.78, 5) is 35.7. The van der Waals surface area contributed by atoms with Crippen molar-refractivity contribution in [2.45, 2.75) is 34.2 Å². The third-order valence-corrected chi connectivity index (χ3v) is 4.24. The van der Waals surface area contributed by atoms with Crippen LogP contribution in [0.5, 0.6) is 0 Å². The molecule has 0 aliphatic heterocycles. The molecule has 2 aromatic rings. The third-order valence-electron chi connectivity index (χ3n) is 4.24. The summed E-state index contributed by atoms with van der Waals surface area (Å²) >= 11 is 0. The molecular weight excluding hydrogens is 358 g/mol. The predicted molar refractivity (Wildman–Crippen MR) is 106 cm³/mol. The van der Waals surface area contributed by atoms with Crippen LogP contribution in [-0.4, -0.2) is 35.6 Å². The van der Waals surface area contributed by atoms with Crippen LogP contribution in [0.25, 0.3) is 0 Å². The molecule has 0 aliphatic rings. The summed E-state index contributed by atoms with van der Waals surface area (Å²) in [6.45, 7) is 8.21. The van der Waals surface area contributed by atoms with Crippen molar-refractivity contribution in [3.63, 3.8) is 0 Å². The molecule has 0 saturated heterocycles. The Kier molecular flexibility index (Phi) is 7.37. The highest BCUT2D eigenvalue weighted by molar-refractivity contribution is 5.97. The van der Waals surface area contributed by atoms with Gasteiger partial charge in [0.05, 0.1) is 5.56 Å². The minimum absolute atomic E-state index is 0.268. The molecule has 0 fully saturated rings. The molecule has 1 aromatic heterocycles. The SMILES string of the molecule is Cc1cc(C(=O)OCC(=O)NC(=O)NCC(C)C)c(C)n1Cc1ccccc1. The Morgan fingerprint density at radius 2 is 1.79 bits per heavy atom. The topological polar surface area (TPSA) is 89.4 Å². The van der Waals surface area contributed by atoms with E-state index < -0.39 is 24.5 Å². The Morgan fingerprint density at radius 1 is 1.11 bits per heavy atom. The van der Waals surface area contributed by atoms with Crippen molar-refractivity contribution < 1.29 is 19.1 Å². The first kappa shape index (κ1) is 21.2. The molecule has 0 radical (unpaired) electrons. The van der Waals surface area contributed by atoms with E-state index >= 15 is 0 Å². The first-order chi connectivity index (χ1) is 13.3. The van der Waals surface area contributed by atoms with Crippen LogP contribution >= 0.6 is 0 Å². The van der Waals surface area contributed by atoms with Crippen LogP contribution in [0.1, 0.15) is 41.2 Å². The molecule has 28 heavy (non-hydrogen) atoms. The highest BCUT2D eigenvalue weighted by atomic mass is 16.5. The van der Waals surface area contributed by atoms with Crippen molar-refractivity contribution in [1.82, 2.24) is 15.2 Å². The van der Waals surface area contributed by atoms with Gasteiger partial charge in [0, 0.05) is 24.5 Å². The van der Waals surface area contributed by atoms with Gasteiger partial charge in [0.15, 0.2) is 6.61 Å². The molecule has 2 rings (SSSR count). The fourth-order valence-corrected chi connectivity index (χ4v) is 2.73. The Labute approximate surface area is 165 Å². The normalized spacial score (nSPS) is 10.6. The number of nitrogens with zero attached hydrogens (tertiary/aromatic N) is 1. The van der Waals surface area contributed by atoms with E-state index in [4.69, 9.17) is 4.74 Å². The Balaban J connectivity index is 1.93. The maximum atomic E-state index is 12.4. The van der Waals surface area contributed by atoms with Crippen molar-refractivity contribution in [2.24, 2.45) is 5.92 Å². The lowest BCUT2D eigenvalue weighted by Gasteiger charge is -2.10. The lowest BCUT2D eigenvalue weighted by molar-refractivity contribution is -0.123. The quantitative estimate of drug-likeness (QED) is 0.717. The fourth-order valence-electron chi connectivity index (χ4n) is 2.73. The molecule has 0 bridgehead atoms. The molecule has 7 heteroatoms. The van der Waals surface area contributed by atoms with E-state index in [9.17, 15) is 14.4 Å². The van der Waals surface area contributed by atoms with Crippen molar-refractivity contribution in [3.8, 4) is 0 Å². The summed E-state index contributed by atoms with van der Waals surface area (Å²) < 4.78 is 7.09. The van der Waals surface area contributed by atoms with Gasteiger partial charge >= 0.3 is 12.0 Å². The Hall–Kier alpha value is -3.09. The smallest absolute Gasteiger partial charge is 0.340 e. The summed E-state index contributed by atoms with van der Waals surface area (Å²) in [5.41, 5.74) is 3.22. The molecule has 1 aromatic carbocycles. The zero-order valence-electron chi connectivity index (χ0n) is 16.7. The van der Waals surface area contributed by atoms with Crippen molar-refractivity contribution in [2.75, 3.05) is 13.2 Å². The second-order valence-electron chi connectivity index (χ2n) is 7.08. The van der Waals surface area contributed by atoms with E-state index in [0.29, 0.717) is 18.7 Å². The highest BCUT2D eigenvalue weighted by Crippen LogP contribution is 2.18. The third kappa shape index (κ3) is 5.97. The number of benzene rings is 1. The lowest BCUT2D eigenvalue weighted by atomic mass is 10.2. The van der Waals surface area contributed by atoms with Gasteiger partial charge in [-0.05, 0) is 31.4 Å². The second-order valence-corrected chi connectivity index (χ2v) is 7.08. The van der Waals surface area contributed by atoms with Gasteiger partial charge < -0.3 is 14.6 Å². The molecule has 0 aliphatic carbocycles. The Bertz CT molecular complexity index is 841. The van der Waals surface area contributed by atoms with Gasteiger partial charge in [-0.3, -0.25) is 10.1 Å². The van der Waals surface area contributed by atoms with Gasteiger partial charge in [-0.15, -0.1) is 0 Å². The zero-order valence-corrected chi connectivity index (χ0v) is 16.7. The first-order valence-electron chi connectivity index (χ1n) is 9.23. The van der Waals surface area contributed by atoms with Gasteiger partial charge in [-0.25, -0.2) is 9.59 Å². The number of rotatable bonds is 7. The van der Waals surface area contributed by atoms with Crippen LogP contribution in [0, 0.1) is 19.8 Å². The van der Waals surface area contributed by atoms with Crippen LogP contribution < -0.4 is 10.6 Å². The molecule has 150 valence electrons. The number of ether oxygens (including phenoxy) is 1. The average Bonchev–Trinajstić information content (AvgIpc) is 2.93. The number of urea groups is 1. The van der Waals surface area contributed by atoms with Crippen molar-refractivity contribution in [1.29, 1.82) is 0 Å². The number of carbonyl (C=O) groups excluding carboxylic acids is 3. The summed E-state index contributed by atoms with van der Waals surface area (Å²) in [6.07, 6.45) is 0. The van der Waals surface area contributed by atoms with E-state index in [1.165, 1.54) is 0 Å². The van der Waals surface area contributed by atoms with E-state index in [2.05, 4.69) is 10.6 Å². The van der Waals surface area contributed by atoms with Crippen LogP contribution in [0.2, 0.25) is 0 Å². The maximum absolute atomic E-state index is 12.4. The first-order valence-corrected chi connectivity index (χ1v) is 9.23. The second kappa shape index (κ2) is 9.73. The summed E-state index contributed by atoms with van der Waals surface area (Å²) in [5, 5.41) is 4.70. The maximum Gasteiger partial charge on any atom is 0.340 e. The van der Waals surface area contributed by atoms with Crippen LogP contribution in [-0.2, 0) is 16.1 Å². The standard InChI is InChI=1S/C21H27N3O4/c1-14(2)11-22-21(27)23-19(25)13-28-20(26)18-10-15(3)24(16(18)4)12-17-8-6-5-7-9-17/h5-10,14H,11-13H2,1-4H3,(H2,22,23,25,27). The fraction of sp³-hybridized carbons (Fsp3) is 0.381. The molecule has 3 amide bonds. The van der Waals surface area contributed by atoms with E-state index in [0.717, 1.165) is 17.0 Å². The van der Waals surface area contributed by atoms with E-state index in [1.807, 2.05) is 62.6 Å². The van der Waals surface area contributed by atoms with E-state index in [1.54, 1.807) is 6.07 Å². The highest BCUT2D eigenvalue weighted by Gasteiger charge is 2.18. The predicted octanol–water partition coefficient (Wildman–Crippen LogP) is 2.79. The van der Waals surface area contributed by atoms with Gasteiger partial charge in [0.25, 0.3) is 5.91 Å². The number of aromatic nitrogens is 1. The molecule has 7 nitrogen and oxygen atoms in total. The van der Waals surface area contributed by atoms with Gasteiger partial charge in [-0.2, -0.15) is 0 Å². The minimum Gasteiger partial charge on any atom is -0.452 e. The number of aryl methyl sites for hydroxylation is 1. The molecular formula is C21H27N3O4. The molecule has 0 unspecified atom stereocenters. The minimum atomic E-state index is -0.673. The van der Waals surface area contributed by atoms with Crippen molar-refractivity contribution in [3.05, 3.63) is 58.9 Å². The Morgan fingerprint density at radius 3 is 2.43 bits per heavy atom. The van der Waals surface area contributed by atoms with Crippen LogP contribution in [0.4, 0.5) is 4.79 Å². The number of nitrogens with one attached hydrogen (secondary N) is 2. The molecule has 0 saturated carbocycles.